The van der Waals surface area contributed by atoms with Crippen LogP contribution in [0, 0.1) is 52.8 Å². The van der Waals surface area contributed by atoms with Crippen molar-refractivity contribution in [3.8, 4) is 0 Å². The fourth-order valence-electron chi connectivity index (χ4n) is 9.44. The van der Waals surface area contributed by atoms with Gasteiger partial charge in [0, 0.05) is 5.92 Å². The maximum absolute atomic E-state index is 13.5. The van der Waals surface area contributed by atoms with Crippen LogP contribution in [0.1, 0.15) is 65.2 Å². The number of carbonyl (C=O) groups excluding carboxylic acids is 3. The summed E-state index contributed by atoms with van der Waals surface area (Å²) in [4.78, 5) is 38.8. The van der Waals surface area contributed by atoms with Crippen LogP contribution in [-0.2, 0) is 9.59 Å². The molecular formula is C25H35NO4S. The van der Waals surface area contributed by atoms with Gasteiger partial charge in [0.15, 0.2) is 5.78 Å². The highest BCUT2D eigenvalue weighted by molar-refractivity contribution is 8.14. The summed E-state index contributed by atoms with van der Waals surface area (Å²) in [5.74, 6) is 4.85. The maximum Gasteiger partial charge on any atom is 0.289 e. The standard InChI is InChI=1S/C25H35NO4S/c1-24(30)7-5-14-13(10-24)3-4-16-15(14)6-8-25(2)21(16)17-9-18(17)22(25)19(27)11-26-20(28)12-31-23(26)29/h13-18,21-22,30H,3-12H2,1-2H3/t13-,14+,15-,16-,17-,18+,21-,22-,24-,25+/m1/s1. The Bertz CT molecular complexity index is 825. The fraction of sp³-hybridized carbons (Fsp3) is 0.880. The molecule has 5 saturated carbocycles. The van der Waals surface area contributed by atoms with Gasteiger partial charge in [-0.3, -0.25) is 19.3 Å². The molecule has 1 saturated heterocycles. The zero-order chi connectivity index (χ0) is 21.7. The molecule has 0 aromatic heterocycles. The summed E-state index contributed by atoms with van der Waals surface area (Å²) in [7, 11) is 0. The molecule has 0 aromatic rings. The van der Waals surface area contributed by atoms with Gasteiger partial charge in [-0.25, -0.2) is 0 Å². The van der Waals surface area contributed by atoms with E-state index in [1.807, 2.05) is 6.92 Å². The molecule has 31 heavy (non-hydrogen) atoms. The Morgan fingerprint density at radius 2 is 1.81 bits per heavy atom. The van der Waals surface area contributed by atoms with Gasteiger partial charge in [0.25, 0.3) is 5.24 Å². The van der Waals surface area contributed by atoms with E-state index in [-0.39, 0.29) is 40.6 Å². The molecular weight excluding hydrogens is 410 g/mol. The quantitative estimate of drug-likeness (QED) is 0.707. The first-order valence-corrected chi connectivity index (χ1v) is 13.4. The molecule has 0 radical (unpaired) electrons. The summed E-state index contributed by atoms with van der Waals surface area (Å²) in [6, 6.07) is 0. The summed E-state index contributed by atoms with van der Waals surface area (Å²) < 4.78 is 0. The molecule has 10 atom stereocenters. The molecule has 6 fully saturated rings. The Balaban J connectivity index is 1.22. The van der Waals surface area contributed by atoms with Crippen LogP contribution in [0.15, 0.2) is 0 Å². The second-order valence-electron chi connectivity index (χ2n) is 12.2. The highest BCUT2D eigenvalue weighted by Gasteiger charge is 2.70. The molecule has 0 bridgehead atoms. The molecule has 2 amide bonds. The normalized spacial score (nSPS) is 52.9. The van der Waals surface area contributed by atoms with Crippen LogP contribution < -0.4 is 0 Å². The van der Waals surface area contributed by atoms with Crippen LogP contribution in [0.2, 0.25) is 0 Å². The van der Waals surface area contributed by atoms with Crippen LogP contribution in [0.25, 0.3) is 0 Å². The third-order valence-corrected chi connectivity index (χ3v) is 11.4. The predicted octanol–water partition coefficient (Wildman–Crippen LogP) is 4.13. The minimum absolute atomic E-state index is 0.00522. The van der Waals surface area contributed by atoms with Crippen molar-refractivity contribution in [3.63, 3.8) is 0 Å². The number of hydrogen-bond acceptors (Lipinski definition) is 5. The van der Waals surface area contributed by atoms with Gasteiger partial charge in [0.05, 0.1) is 17.9 Å². The zero-order valence-corrected chi connectivity index (χ0v) is 19.5. The molecule has 5 nitrogen and oxygen atoms in total. The average Bonchev–Trinajstić information content (AvgIpc) is 3.33. The third-order valence-electron chi connectivity index (χ3n) is 10.5. The Kier molecular flexibility index (Phi) is 4.55. The number of ketones is 1. The summed E-state index contributed by atoms with van der Waals surface area (Å²) in [6.45, 7) is 4.38. The smallest absolute Gasteiger partial charge is 0.289 e. The van der Waals surface area contributed by atoms with Gasteiger partial charge in [-0.1, -0.05) is 18.7 Å². The van der Waals surface area contributed by atoms with Gasteiger partial charge in [0.2, 0.25) is 5.91 Å². The first kappa shape index (κ1) is 20.7. The monoisotopic (exact) mass is 445 g/mol. The molecule has 0 aromatic carbocycles. The van der Waals surface area contributed by atoms with Crippen LogP contribution in [0.5, 0.6) is 0 Å². The molecule has 6 heteroatoms. The number of thioether (sulfide) groups is 1. The molecule has 6 rings (SSSR count). The maximum atomic E-state index is 13.5. The number of rotatable bonds is 3. The molecule has 5 aliphatic carbocycles. The number of amides is 2. The van der Waals surface area contributed by atoms with Gasteiger partial charge in [0.1, 0.15) is 0 Å². The lowest BCUT2D eigenvalue weighted by molar-refractivity contribution is -0.139. The van der Waals surface area contributed by atoms with E-state index >= 15 is 0 Å². The van der Waals surface area contributed by atoms with Crippen LogP contribution >= 0.6 is 11.8 Å². The van der Waals surface area contributed by atoms with E-state index in [0.717, 1.165) is 55.2 Å². The van der Waals surface area contributed by atoms with E-state index in [1.54, 1.807) is 0 Å². The Morgan fingerprint density at radius 3 is 2.55 bits per heavy atom. The molecule has 1 N–H and O–H groups in total. The van der Waals surface area contributed by atoms with Crippen molar-refractivity contribution < 1.29 is 19.5 Å². The van der Waals surface area contributed by atoms with Gasteiger partial charge >= 0.3 is 0 Å². The number of carbonyl (C=O) groups is 3. The van der Waals surface area contributed by atoms with E-state index in [2.05, 4.69) is 6.92 Å². The van der Waals surface area contributed by atoms with Crippen molar-refractivity contribution >= 4 is 28.7 Å². The second kappa shape index (κ2) is 6.82. The van der Waals surface area contributed by atoms with Crippen molar-refractivity contribution in [1.29, 1.82) is 0 Å². The van der Waals surface area contributed by atoms with Crippen molar-refractivity contribution in [3.05, 3.63) is 0 Å². The highest BCUT2D eigenvalue weighted by atomic mass is 32.2. The van der Waals surface area contributed by atoms with E-state index < -0.39 is 5.60 Å². The number of Topliss-reactive ketones (excluding diaryl/α,β-unsaturated/α-hetero) is 1. The molecule has 1 heterocycles. The highest BCUT2D eigenvalue weighted by Crippen LogP contribution is 2.74. The average molecular weight is 446 g/mol. The Morgan fingerprint density at radius 1 is 1.03 bits per heavy atom. The SMILES string of the molecule is C[C@@]1(O)CC[C@H]2[C@H](CC[C@@H]3[C@@H]2CC[C@@]2(C)[C@H]3[C@@H]3C[C@@H]3[C@@H]2C(=O)CN2C(=O)CSC2=O)C1. The molecule has 0 unspecified atom stereocenters. The van der Waals surface area contributed by atoms with Crippen LogP contribution in [0.4, 0.5) is 4.79 Å². The summed E-state index contributed by atoms with van der Waals surface area (Å²) >= 11 is 1.02. The minimum atomic E-state index is -0.480. The topological polar surface area (TPSA) is 74.7 Å². The molecule has 0 spiro atoms. The van der Waals surface area contributed by atoms with Crippen molar-refractivity contribution in [1.82, 2.24) is 4.90 Å². The number of aliphatic hydroxyl groups is 1. The fourth-order valence-corrected chi connectivity index (χ4v) is 10.2. The number of imide groups is 1. The summed E-state index contributed by atoms with van der Waals surface area (Å²) in [6.07, 6.45) is 9.04. The van der Waals surface area contributed by atoms with Crippen molar-refractivity contribution in [2.75, 3.05) is 12.3 Å². The van der Waals surface area contributed by atoms with E-state index in [4.69, 9.17) is 0 Å². The van der Waals surface area contributed by atoms with Gasteiger partial charge < -0.3 is 5.11 Å². The Hall–Kier alpha value is -0.880. The van der Waals surface area contributed by atoms with Gasteiger partial charge in [-0.15, -0.1) is 0 Å². The minimum Gasteiger partial charge on any atom is -0.390 e. The van der Waals surface area contributed by atoms with Gasteiger partial charge in [-0.05, 0) is 105 Å². The molecule has 6 aliphatic rings. The number of fused-ring (bicyclic) bond motifs is 7. The number of nitrogens with zero attached hydrogens (tertiary/aromatic N) is 1. The third kappa shape index (κ3) is 3.03. The van der Waals surface area contributed by atoms with E-state index in [9.17, 15) is 19.5 Å². The first-order valence-electron chi connectivity index (χ1n) is 12.4. The Labute approximate surface area is 189 Å². The van der Waals surface area contributed by atoms with E-state index in [0.29, 0.717) is 23.7 Å². The lowest BCUT2D eigenvalue weighted by Crippen LogP contribution is -2.53. The molecule has 1 aliphatic heterocycles. The summed E-state index contributed by atoms with van der Waals surface area (Å²) in [5, 5.41) is 10.4. The zero-order valence-electron chi connectivity index (χ0n) is 18.7. The van der Waals surface area contributed by atoms with Crippen LogP contribution in [0.3, 0.4) is 0 Å². The largest absolute Gasteiger partial charge is 0.390 e. The lowest BCUT2D eigenvalue weighted by atomic mass is 9.48. The predicted molar refractivity (Wildman–Crippen MR) is 118 cm³/mol. The van der Waals surface area contributed by atoms with E-state index in [1.165, 1.54) is 30.6 Å². The summed E-state index contributed by atoms with van der Waals surface area (Å²) in [5.41, 5.74) is -0.440. The lowest BCUT2D eigenvalue weighted by Gasteiger charge is -2.57. The number of hydrogen-bond donors (Lipinski definition) is 1. The first-order chi connectivity index (χ1) is 14.7. The molecule has 170 valence electrons. The van der Waals surface area contributed by atoms with Crippen molar-refractivity contribution in [2.24, 2.45) is 52.8 Å². The van der Waals surface area contributed by atoms with Crippen LogP contribution in [-0.4, -0.2) is 44.8 Å². The second-order valence-corrected chi connectivity index (χ2v) is 13.1. The van der Waals surface area contributed by atoms with Gasteiger partial charge in [-0.2, -0.15) is 0 Å². The van der Waals surface area contributed by atoms with Crippen molar-refractivity contribution in [2.45, 2.75) is 70.8 Å².